The number of rotatable bonds is 6. The summed E-state index contributed by atoms with van der Waals surface area (Å²) in [5.74, 6) is 1.71. The summed E-state index contributed by atoms with van der Waals surface area (Å²) in [7, 11) is 3.45. The summed E-state index contributed by atoms with van der Waals surface area (Å²) < 4.78 is 5.26. The van der Waals surface area contributed by atoms with Crippen molar-refractivity contribution in [2.24, 2.45) is 0 Å². The molecule has 17 heavy (non-hydrogen) atoms. The van der Waals surface area contributed by atoms with Crippen LogP contribution >= 0.6 is 12.6 Å². The van der Waals surface area contributed by atoms with Crippen molar-refractivity contribution in [3.05, 3.63) is 29.8 Å². The molecule has 0 saturated heterocycles. The number of thiol groups is 1. The van der Waals surface area contributed by atoms with Crippen LogP contribution in [0.15, 0.2) is 24.3 Å². The molecule has 0 radical (unpaired) electrons. The average molecular weight is 253 g/mol. The Hall–Kier alpha value is -1.16. The highest BCUT2D eigenvalue weighted by Gasteiger charge is 2.10. The summed E-state index contributed by atoms with van der Waals surface area (Å²) in [6, 6.07) is 7.75. The van der Waals surface area contributed by atoms with Crippen LogP contribution in [0.1, 0.15) is 18.4 Å². The first-order valence-electron chi connectivity index (χ1n) is 5.65. The number of carbonyl (C=O) groups excluding carboxylic acids is 1. The van der Waals surface area contributed by atoms with E-state index < -0.39 is 0 Å². The van der Waals surface area contributed by atoms with Crippen LogP contribution in [0.5, 0.6) is 5.75 Å². The Labute approximate surface area is 108 Å². The molecule has 0 aliphatic rings. The number of para-hydroxylation sites is 1. The molecular weight excluding hydrogens is 234 g/mol. The highest BCUT2D eigenvalue weighted by molar-refractivity contribution is 7.80. The molecule has 0 aliphatic carbocycles. The van der Waals surface area contributed by atoms with E-state index >= 15 is 0 Å². The van der Waals surface area contributed by atoms with Crippen molar-refractivity contribution in [1.82, 2.24) is 4.90 Å². The van der Waals surface area contributed by atoms with Gasteiger partial charge in [0.25, 0.3) is 0 Å². The lowest BCUT2D eigenvalue weighted by molar-refractivity contribution is -0.130. The monoisotopic (exact) mass is 253 g/mol. The Morgan fingerprint density at radius 1 is 1.41 bits per heavy atom. The van der Waals surface area contributed by atoms with Crippen LogP contribution in [-0.4, -0.2) is 30.7 Å². The van der Waals surface area contributed by atoms with Crippen molar-refractivity contribution in [2.45, 2.75) is 19.4 Å². The molecule has 0 heterocycles. The molecule has 4 heteroatoms. The van der Waals surface area contributed by atoms with Crippen molar-refractivity contribution >= 4 is 18.5 Å². The van der Waals surface area contributed by atoms with Gasteiger partial charge in [-0.05, 0) is 18.2 Å². The summed E-state index contributed by atoms with van der Waals surface area (Å²) in [6.07, 6.45) is 1.37. The predicted octanol–water partition coefficient (Wildman–Crippen LogP) is 2.36. The number of amides is 1. The van der Waals surface area contributed by atoms with E-state index in [9.17, 15) is 4.79 Å². The van der Waals surface area contributed by atoms with Crippen LogP contribution in [0, 0.1) is 0 Å². The number of hydrogen-bond acceptors (Lipinski definition) is 3. The van der Waals surface area contributed by atoms with E-state index in [1.54, 1.807) is 12.0 Å². The zero-order chi connectivity index (χ0) is 12.7. The second-order valence-electron chi connectivity index (χ2n) is 3.89. The molecule has 0 fully saturated rings. The van der Waals surface area contributed by atoms with Gasteiger partial charge in [-0.3, -0.25) is 4.79 Å². The second kappa shape index (κ2) is 7.22. The summed E-state index contributed by atoms with van der Waals surface area (Å²) in [4.78, 5) is 13.5. The molecule has 1 rings (SSSR count). The highest BCUT2D eigenvalue weighted by atomic mass is 32.1. The fourth-order valence-corrected chi connectivity index (χ4v) is 1.76. The summed E-state index contributed by atoms with van der Waals surface area (Å²) in [5.41, 5.74) is 1.02. The third-order valence-electron chi connectivity index (χ3n) is 2.57. The minimum Gasteiger partial charge on any atom is -0.496 e. The number of carbonyl (C=O) groups is 1. The Bertz CT molecular complexity index is 368. The Morgan fingerprint density at radius 3 is 2.76 bits per heavy atom. The number of hydrogen-bond donors (Lipinski definition) is 1. The molecule has 0 N–H and O–H groups in total. The van der Waals surface area contributed by atoms with E-state index in [1.807, 2.05) is 31.3 Å². The van der Waals surface area contributed by atoms with Crippen LogP contribution in [0.4, 0.5) is 0 Å². The minimum atomic E-state index is 0.143. The SMILES string of the molecule is COc1ccccc1CN(C)C(=O)CCCS. The van der Waals surface area contributed by atoms with Crippen molar-refractivity contribution < 1.29 is 9.53 Å². The topological polar surface area (TPSA) is 29.5 Å². The normalized spacial score (nSPS) is 10.1. The van der Waals surface area contributed by atoms with Crippen LogP contribution in [0.25, 0.3) is 0 Å². The Morgan fingerprint density at radius 2 is 2.12 bits per heavy atom. The lowest BCUT2D eigenvalue weighted by Crippen LogP contribution is -2.26. The molecule has 1 aromatic carbocycles. The predicted molar refractivity (Wildman–Crippen MR) is 72.6 cm³/mol. The maximum atomic E-state index is 11.8. The fraction of sp³-hybridized carbons (Fsp3) is 0.462. The van der Waals surface area contributed by atoms with E-state index in [0.717, 1.165) is 23.5 Å². The zero-order valence-electron chi connectivity index (χ0n) is 10.3. The molecule has 0 unspecified atom stereocenters. The van der Waals surface area contributed by atoms with Crippen molar-refractivity contribution in [3.63, 3.8) is 0 Å². The Kier molecular flexibility index (Phi) is 5.91. The molecule has 0 saturated carbocycles. The molecule has 0 spiro atoms. The quantitative estimate of drug-likeness (QED) is 0.789. The van der Waals surface area contributed by atoms with Crippen molar-refractivity contribution in [2.75, 3.05) is 19.9 Å². The first-order valence-corrected chi connectivity index (χ1v) is 6.29. The van der Waals surface area contributed by atoms with Gasteiger partial charge in [0.15, 0.2) is 0 Å². The van der Waals surface area contributed by atoms with Gasteiger partial charge in [-0.25, -0.2) is 0 Å². The highest BCUT2D eigenvalue weighted by Crippen LogP contribution is 2.19. The molecule has 1 amide bonds. The lowest BCUT2D eigenvalue weighted by atomic mass is 10.2. The Balaban J connectivity index is 2.60. The molecule has 0 atom stereocenters. The number of benzene rings is 1. The van der Waals surface area contributed by atoms with Crippen LogP contribution in [0.2, 0.25) is 0 Å². The van der Waals surface area contributed by atoms with Gasteiger partial charge < -0.3 is 9.64 Å². The molecule has 0 aromatic heterocycles. The third kappa shape index (κ3) is 4.30. The summed E-state index contributed by atoms with van der Waals surface area (Å²) in [6.45, 7) is 0.579. The molecule has 3 nitrogen and oxygen atoms in total. The minimum absolute atomic E-state index is 0.143. The van der Waals surface area contributed by atoms with Gasteiger partial charge in [0, 0.05) is 25.6 Å². The molecule has 94 valence electrons. The van der Waals surface area contributed by atoms with Gasteiger partial charge in [-0.2, -0.15) is 12.6 Å². The largest absolute Gasteiger partial charge is 0.496 e. The molecular formula is C13H19NO2S. The lowest BCUT2D eigenvalue weighted by Gasteiger charge is -2.18. The summed E-state index contributed by atoms with van der Waals surface area (Å²) >= 11 is 4.10. The van der Waals surface area contributed by atoms with Crippen molar-refractivity contribution in [1.29, 1.82) is 0 Å². The standard InChI is InChI=1S/C13H19NO2S/c1-14(13(15)8-5-9-17)10-11-6-3-4-7-12(11)16-2/h3-4,6-7,17H,5,8-10H2,1-2H3. The molecule has 1 aromatic rings. The summed E-state index contributed by atoms with van der Waals surface area (Å²) in [5, 5.41) is 0. The van der Waals surface area contributed by atoms with Gasteiger partial charge in [0.1, 0.15) is 5.75 Å². The van der Waals surface area contributed by atoms with E-state index in [2.05, 4.69) is 12.6 Å². The number of nitrogens with zero attached hydrogens (tertiary/aromatic N) is 1. The molecule has 0 aliphatic heterocycles. The first kappa shape index (κ1) is 13.9. The van der Waals surface area contributed by atoms with Gasteiger partial charge >= 0.3 is 0 Å². The van der Waals surface area contributed by atoms with Crippen LogP contribution in [0.3, 0.4) is 0 Å². The smallest absolute Gasteiger partial charge is 0.222 e. The van der Waals surface area contributed by atoms with Gasteiger partial charge in [0.2, 0.25) is 5.91 Å². The maximum Gasteiger partial charge on any atom is 0.222 e. The van der Waals surface area contributed by atoms with Crippen molar-refractivity contribution in [3.8, 4) is 5.75 Å². The van der Waals surface area contributed by atoms with Gasteiger partial charge in [0.05, 0.1) is 7.11 Å². The third-order valence-corrected chi connectivity index (χ3v) is 2.89. The first-order chi connectivity index (χ1) is 8.19. The second-order valence-corrected chi connectivity index (χ2v) is 4.34. The van der Waals surface area contributed by atoms with E-state index in [-0.39, 0.29) is 5.91 Å². The average Bonchev–Trinajstić information content (AvgIpc) is 2.36. The van der Waals surface area contributed by atoms with Crippen LogP contribution in [-0.2, 0) is 11.3 Å². The van der Waals surface area contributed by atoms with E-state index in [1.165, 1.54) is 0 Å². The maximum absolute atomic E-state index is 11.8. The number of ether oxygens (including phenoxy) is 1. The number of methoxy groups -OCH3 is 1. The fourth-order valence-electron chi connectivity index (χ4n) is 1.60. The van der Waals surface area contributed by atoms with Gasteiger partial charge in [-0.15, -0.1) is 0 Å². The van der Waals surface area contributed by atoms with E-state index in [0.29, 0.717) is 13.0 Å². The van der Waals surface area contributed by atoms with E-state index in [4.69, 9.17) is 4.74 Å². The van der Waals surface area contributed by atoms with Crippen LogP contribution < -0.4 is 4.74 Å². The van der Waals surface area contributed by atoms with Gasteiger partial charge in [-0.1, -0.05) is 18.2 Å². The molecule has 0 bridgehead atoms. The zero-order valence-corrected chi connectivity index (χ0v) is 11.2.